The normalized spacial score (nSPS) is 11.7. The van der Waals surface area contributed by atoms with Crippen LogP contribution in [0.1, 0.15) is 10.7 Å². The lowest BCUT2D eigenvalue weighted by Crippen LogP contribution is -1.96. The number of thiazole rings is 1. The fourth-order valence-corrected chi connectivity index (χ4v) is 3.21. The second-order valence-electron chi connectivity index (χ2n) is 3.94. The first-order chi connectivity index (χ1) is 7.88. The molecule has 3 nitrogen and oxygen atoms in total. The van der Waals surface area contributed by atoms with Gasteiger partial charge in [-0.15, -0.1) is 11.3 Å². The zero-order chi connectivity index (χ0) is 12.6. The van der Waals surface area contributed by atoms with Gasteiger partial charge in [-0.2, -0.15) is 0 Å². The van der Waals surface area contributed by atoms with Gasteiger partial charge in [-0.25, -0.2) is 13.4 Å². The van der Waals surface area contributed by atoms with Crippen LogP contribution in [0.3, 0.4) is 0 Å². The van der Waals surface area contributed by atoms with Crippen molar-refractivity contribution in [3.63, 3.8) is 0 Å². The van der Waals surface area contributed by atoms with Crippen LogP contribution in [-0.2, 0) is 9.84 Å². The Balaban J connectivity index is 2.46. The molecule has 0 saturated carbocycles. The van der Waals surface area contributed by atoms with E-state index in [1.54, 1.807) is 23.5 Å². The number of benzene rings is 1. The van der Waals surface area contributed by atoms with E-state index < -0.39 is 9.84 Å². The third-order valence-corrected chi connectivity index (χ3v) is 4.70. The van der Waals surface area contributed by atoms with Crippen molar-refractivity contribution in [1.29, 1.82) is 0 Å². The Hall–Kier alpha value is -1.20. The summed E-state index contributed by atoms with van der Waals surface area (Å²) in [5.41, 5.74) is 2.00. The van der Waals surface area contributed by atoms with Gasteiger partial charge < -0.3 is 0 Å². The molecule has 2 aromatic rings. The van der Waals surface area contributed by atoms with E-state index in [9.17, 15) is 8.42 Å². The van der Waals surface area contributed by atoms with Crippen LogP contribution >= 0.6 is 11.3 Å². The van der Waals surface area contributed by atoms with Crippen molar-refractivity contribution in [2.45, 2.75) is 18.7 Å². The SMILES string of the molecule is Cc1nc(C)c(-c2ccc(S(C)(=O)=O)cc2)s1. The van der Waals surface area contributed by atoms with Crippen molar-refractivity contribution < 1.29 is 8.42 Å². The van der Waals surface area contributed by atoms with Crippen LogP contribution in [0.15, 0.2) is 29.2 Å². The largest absolute Gasteiger partial charge is 0.246 e. The zero-order valence-electron chi connectivity index (χ0n) is 9.89. The summed E-state index contributed by atoms with van der Waals surface area (Å²) in [6.07, 6.45) is 1.21. The lowest BCUT2D eigenvalue weighted by molar-refractivity contribution is 0.602. The molecule has 0 radical (unpaired) electrons. The predicted octanol–water partition coefficient (Wildman–Crippen LogP) is 2.83. The number of nitrogens with zero attached hydrogens (tertiary/aromatic N) is 1. The quantitative estimate of drug-likeness (QED) is 0.840. The van der Waals surface area contributed by atoms with Gasteiger partial charge in [0.2, 0.25) is 0 Å². The van der Waals surface area contributed by atoms with Crippen LogP contribution in [0.25, 0.3) is 10.4 Å². The van der Waals surface area contributed by atoms with E-state index in [2.05, 4.69) is 4.98 Å². The summed E-state index contributed by atoms with van der Waals surface area (Å²) in [4.78, 5) is 5.81. The number of hydrogen-bond donors (Lipinski definition) is 0. The Labute approximate surface area is 105 Å². The van der Waals surface area contributed by atoms with E-state index in [0.717, 1.165) is 21.1 Å². The average Bonchev–Trinajstić information content (AvgIpc) is 2.57. The third-order valence-electron chi connectivity index (χ3n) is 2.45. The highest BCUT2D eigenvalue weighted by molar-refractivity contribution is 7.90. The molecule has 0 bridgehead atoms. The molecule has 90 valence electrons. The van der Waals surface area contributed by atoms with Gasteiger partial charge in [0.25, 0.3) is 0 Å². The van der Waals surface area contributed by atoms with Crippen LogP contribution in [0.5, 0.6) is 0 Å². The molecule has 0 saturated heterocycles. The first kappa shape index (κ1) is 12.3. The van der Waals surface area contributed by atoms with Crippen LogP contribution < -0.4 is 0 Å². The van der Waals surface area contributed by atoms with E-state index in [1.807, 2.05) is 26.0 Å². The summed E-state index contributed by atoms with van der Waals surface area (Å²) in [5.74, 6) is 0. The van der Waals surface area contributed by atoms with Gasteiger partial charge in [-0.1, -0.05) is 12.1 Å². The van der Waals surface area contributed by atoms with Gasteiger partial charge in [0.1, 0.15) is 0 Å². The van der Waals surface area contributed by atoms with Crippen LogP contribution in [0, 0.1) is 13.8 Å². The molecule has 0 unspecified atom stereocenters. The molecule has 17 heavy (non-hydrogen) atoms. The lowest BCUT2D eigenvalue weighted by atomic mass is 10.2. The van der Waals surface area contributed by atoms with E-state index in [0.29, 0.717) is 4.90 Å². The molecule has 0 aliphatic carbocycles. The van der Waals surface area contributed by atoms with Gasteiger partial charge in [0, 0.05) is 6.26 Å². The topological polar surface area (TPSA) is 47.0 Å². The molecule has 0 aliphatic rings. The van der Waals surface area contributed by atoms with Crippen molar-refractivity contribution >= 4 is 21.2 Å². The van der Waals surface area contributed by atoms with Crippen LogP contribution in [-0.4, -0.2) is 19.7 Å². The first-order valence-electron chi connectivity index (χ1n) is 5.12. The molecule has 0 atom stereocenters. The molecular formula is C12H13NO2S2. The van der Waals surface area contributed by atoms with Gasteiger partial charge in [0.15, 0.2) is 9.84 Å². The lowest BCUT2D eigenvalue weighted by Gasteiger charge is -2.01. The molecule has 1 aromatic carbocycles. The summed E-state index contributed by atoms with van der Waals surface area (Å²) in [6, 6.07) is 6.94. The maximum atomic E-state index is 11.3. The molecule has 1 heterocycles. The number of sulfone groups is 1. The first-order valence-corrected chi connectivity index (χ1v) is 7.83. The fraction of sp³-hybridized carbons (Fsp3) is 0.250. The van der Waals surface area contributed by atoms with Crippen molar-refractivity contribution in [2.24, 2.45) is 0 Å². The smallest absolute Gasteiger partial charge is 0.175 e. The summed E-state index contributed by atoms with van der Waals surface area (Å²) in [7, 11) is -3.12. The second-order valence-corrected chi connectivity index (χ2v) is 7.16. The third kappa shape index (κ3) is 2.56. The van der Waals surface area contributed by atoms with Gasteiger partial charge in [-0.05, 0) is 31.5 Å². The molecule has 0 N–H and O–H groups in total. The van der Waals surface area contributed by atoms with Crippen molar-refractivity contribution in [1.82, 2.24) is 4.98 Å². The Morgan fingerprint density at radius 3 is 2.12 bits per heavy atom. The highest BCUT2D eigenvalue weighted by atomic mass is 32.2. The average molecular weight is 267 g/mol. The van der Waals surface area contributed by atoms with E-state index >= 15 is 0 Å². The Morgan fingerprint density at radius 2 is 1.71 bits per heavy atom. The van der Waals surface area contributed by atoms with Crippen molar-refractivity contribution in [3.8, 4) is 10.4 Å². The second kappa shape index (κ2) is 4.23. The maximum Gasteiger partial charge on any atom is 0.175 e. The minimum Gasteiger partial charge on any atom is -0.246 e. The van der Waals surface area contributed by atoms with Crippen LogP contribution in [0.4, 0.5) is 0 Å². The molecule has 0 fully saturated rings. The number of aromatic nitrogens is 1. The van der Waals surface area contributed by atoms with Gasteiger partial charge in [-0.3, -0.25) is 0 Å². The number of hydrogen-bond acceptors (Lipinski definition) is 4. The van der Waals surface area contributed by atoms with Gasteiger partial charge in [0.05, 0.1) is 20.5 Å². The summed E-state index contributed by atoms with van der Waals surface area (Å²) in [5, 5.41) is 1.02. The number of aryl methyl sites for hydroxylation is 2. The maximum absolute atomic E-state index is 11.3. The number of rotatable bonds is 2. The fourth-order valence-electron chi connectivity index (χ4n) is 1.65. The Morgan fingerprint density at radius 1 is 1.12 bits per heavy atom. The zero-order valence-corrected chi connectivity index (χ0v) is 11.5. The minimum atomic E-state index is -3.12. The summed E-state index contributed by atoms with van der Waals surface area (Å²) >= 11 is 1.62. The molecule has 1 aromatic heterocycles. The highest BCUT2D eigenvalue weighted by Crippen LogP contribution is 2.30. The van der Waals surface area contributed by atoms with E-state index in [4.69, 9.17) is 0 Å². The monoisotopic (exact) mass is 267 g/mol. The van der Waals surface area contributed by atoms with Gasteiger partial charge >= 0.3 is 0 Å². The molecule has 2 rings (SSSR count). The Bertz CT molecular complexity index is 640. The Kier molecular flexibility index (Phi) is 3.05. The standard InChI is InChI=1S/C12H13NO2S2/c1-8-12(16-9(2)13-8)10-4-6-11(7-5-10)17(3,14)15/h4-7H,1-3H3. The minimum absolute atomic E-state index is 0.347. The molecule has 0 spiro atoms. The molecule has 0 aliphatic heterocycles. The molecule has 5 heteroatoms. The van der Waals surface area contributed by atoms with E-state index in [-0.39, 0.29) is 0 Å². The predicted molar refractivity (Wildman–Crippen MR) is 70.1 cm³/mol. The summed E-state index contributed by atoms with van der Waals surface area (Å²) < 4.78 is 22.7. The van der Waals surface area contributed by atoms with Crippen molar-refractivity contribution in [3.05, 3.63) is 35.0 Å². The van der Waals surface area contributed by atoms with Crippen LogP contribution in [0.2, 0.25) is 0 Å². The van der Waals surface area contributed by atoms with Crippen molar-refractivity contribution in [2.75, 3.05) is 6.26 Å². The summed E-state index contributed by atoms with van der Waals surface area (Å²) in [6.45, 7) is 3.93. The molecule has 0 amide bonds. The van der Waals surface area contributed by atoms with E-state index in [1.165, 1.54) is 6.26 Å². The molecular weight excluding hydrogens is 254 g/mol. The highest BCUT2D eigenvalue weighted by Gasteiger charge is 2.10.